The largest absolute Gasteiger partial charge is 0.469 e. The van der Waals surface area contributed by atoms with Crippen LogP contribution < -0.4 is 0 Å². The molecule has 0 spiro atoms. The third kappa shape index (κ3) is 5.33. The van der Waals surface area contributed by atoms with Gasteiger partial charge in [-0.1, -0.05) is 57.5 Å². The van der Waals surface area contributed by atoms with Crippen molar-refractivity contribution in [3.05, 3.63) is 35.9 Å². The molecule has 2 unspecified atom stereocenters. The van der Waals surface area contributed by atoms with Gasteiger partial charge >= 0.3 is 5.97 Å². The van der Waals surface area contributed by atoms with Gasteiger partial charge in [0.05, 0.1) is 13.0 Å². The fraction of sp³-hybridized carbons (Fsp3) is 0.588. The molecule has 3 heteroatoms. The Morgan fingerprint density at radius 1 is 1.20 bits per heavy atom. The molecule has 0 radical (unpaired) electrons. The maximum absolute atomic E-state index is 12.1. The lowest BCUT2D eigenvalue weighted by Gasteiger charge is -2.30. The van der Waals surface area contributed by atoms with Gasteiger partial charge in [-0.25, -0.2) is 0 Å². The summed E-state index contributed by atoms with van der Waals surface area (Å²) >= 11 is 0. The smallest absolute Gasteiger partial charge is 0.314 e. The highest BCUT2D eigenvalue weighted by Crippen LogP contribution is 2.26. The molecular weight excluding hydrogens is 250 g/mol. The van der Waals surface area contributed by atoms with Gasteiger partial charge in [0.15, 0.2) is 0 Å². The molecule has 0 saturated heterocycles. The normalized spacial score (nSPS) is 13.2. The number of benzene rings is 1. The Balaban J connectivity index is 0.00000172. The first-order chi connectivity index (χ1) is 9.61. The summed E-state index contributed by atoms with van der Waals surface area (Å²) < 4.78 is 4.98. The second-order valence-corrected chi connectivity index (χ2v) is 4.73. The molecule has 0 aromatic heterocycles. The van der Waals surface area contributed by atoms with Crippen molar-refractivity contribution in [1.82, 2.24) is 4.90 Å². The van der Waals surface area contributed by atoms with Gasteiger partial charge in [0.1, 0.15) is 0 Å². The molecule has 0 bridgehead atoms. The van der Waals surface area contributed by atoms with Gasteiger partial charge in [-0.05, 0) is 26.1 Å². The van der Waals surface area contributed by atoms with E-state index in [9.17, 15) is 4.79 Å². The van der Waals surface area contributed by atoms with E-state index < -0.39 is 0 Å². The van der Waals surface area contributed by atoms with E-state index in [2.05, 4.69) is 11.8 Å². The van der Waals surface area contributed by atoms with Gasteiger partial charge < -0.3 is 9.64 Å². The second-order valence-electron chi connectivity index (χ2n) is 4.73. The van der Waals surface area contributed by atoms with Crippen LogP contribution in [0.1, 0.15) is 45.1 Å². The van der Waals surface area contributed by atoms with Gasteiger partial charge in [-0.2, -0.15) is 0 Å². The van der Waals surface area contributed by atoms with Crippen molar-refractivity contribution >= 4 is 5.97 Å². The highest BCUT2D eigenvalue weighted by molar-refractivity contribution is 5.79. The van der Waals surface area contributed by atoms with Crippen molar-refractivity contribution in [1.29, 1.82) is 0 Å². The number of hydrogen-bond donors (Lipinski definition) is 0. The van der Waals surface area contributed by atoms with E-state index in [1.165, 1.54) is 7.11 Å². The molecule has 0 N–H and O–H groups in total. The predicted molar refractivity (Wildman–Crippen MR) is 84.9 cm³/mol. The standard InChI is InChI=1S/C15H23NO2.C2H6/c1-5-9-13(16(2)3)14(15(17)18-4)12-10-7-6-8-11-12;1-2/h6-8,10-11,13-14H,5,9H2,1-4H3;1-2H3. The average Bonchev–Trinajstić information content (AvgIpc) is 2.49. The third-order valence-electron chi connectivity index (χ3n) is 3.25. The number of hydrogen-bond acceptors (Lipinski definition) is 3. The first-order valence-corrected chi connectivity index (χ1v) is 7.41. The number of esters is 1. The maximum Gasteiger partial charge on any atom is 0.314 e. The van der Waals surface area contributed by atoms with Crippen molar-refractivity contribution in [3.63, 3.8) is 0 Å². The summed E-state index contributed by atoms with van der Waals surface area (Å²) in [6.45, 7) is 6.13. The van der Waals surface area contributed by atoms with Gasteiger partial charge in [0, 0.05) is 6.04 Å². The summed E-state index contributed by atoms with van der Waals surface area (Å²) in [5, 5.41) is 0. The van der Waals surface area contributed by atoms with Crippen LogP contribution in [0.15, 0.2) is 30.3 Å². The number of methoxy groups -OCH3 is 1. The van der Waals surface area contributed by atoms with E-state index in [1.54, 1.807) is 0 Å². The van der Waals surface area contributed by atoms with Crippen LogP contribution in [0.25, 0.3) is 0 Å². The zero-order valence-corrected chi connectivity index (χ0v) is 13.7. The summed E-state index contributed by atoms with van der Waals surface area (Å²) in [6.07, 6.45) is 2.02. The topological polar surface area (TPSA) is 29.5 Å². The van der Waals surface area contributed by atoms with Crippen LogP contribution in [0, 0.1) is 0 Å². The molecule has 3 nitrogen and oxygen atoms in total. The monoisotopic (exact) mass is 279 g/mol. The fourth-order valence-electron chi connectivity index (χ4n) is 2.32. The predicted octanol–water partition coefficient (Wildman–Crippen LogP) is 3.70. The Morgan fingerprint density at radius 3 is 2.15 bits per heavy atom. The Morgan fingerprint density at radius 2 is 1.75 bits per heavy atom. The van der Waals surface area contributed by atoms with Crippen LogP contribution in [-0.2, 0) is 9.53 Å². The summed E-state index contributed by atoms with van der Waals surface area (Å²) in [6, 6.07) is 10.0. The van der Waals surface area contributed by atoms with Crippen molar-refractivity contribution in [2.45, 2.75) is 45.6 Å². The summed E-state index contributed by atoms with van der Waals surface area (Å²) in [5.41, 5.74) is 1.02. The molecule has 0 aliphatic heterocycles. The quantitative estimate of drug-likeness (QED) is 0.744. The van der Waals surface area contributed by atoms with Crippen molar-refractivity contribution in [3.8, 4) is 0 Å². The van der Waals surface area contributed by atoms with E-state index in [0.29, 0.717) is 0 Å². The number of likely N-dealkylation sites (N-methyl/N-ethyl adjacent to an activating group) is 1. The lowest BCUT2D eigenvalue weighted by Crippen LogP contribution is -2.38. The van der Waals surface area contributed by atoms with Crippen molar-refractivity contribution in [2.24, 2.45) is 0 Å². The lowest BCUT2D eigenvalue weighted by molar-refractivity contribution is -0.144. The van der Waals surface area contributed by atoms with Crippen molar-refractivity contribution < 1.29 is 9.53 Å². The van der Waals surface area contributed by atoms with E-state index in [4.69, 9.17) is 4.74 Å². The molecule has 2 atom stereocenters. The zero-order chi connectivity index (χ0) is 15.5. The fourth-order valence-corrected chi connectivity index (χ4v) is 2.32. The van der Waals surface area contributed by atoms with Gasteiger partial charge in [0.2, 0.25) is 0 Å². The molecule has 0 fully saturated rings. The Hall–Kier alpha value is -1.35. The minimum absolute atomic E-state index is 0.159. The number of ether oxygens (including phenoxy) is 1. The van der Waals surface area contributed by atoms with Crippen LogP contribution in [0.3, 0.4) is 0 Å². The molecule has 114 valence electrons. The second kappa shape index (κ2) is 10.4. The van der Waals surface area contributed by atoms with Crippen molar-refractivity contribution in [2.75, 3.05) is 21.2 Å². The summed E-state index contributed by atoms with van der Waals surface area (Å²) in [5.74, 6) is -0.375. The molecular formula is C17H29NO2. The minimum atomic E-state index is -0.217. The van der Waals surface area contributed by atoms with E-state index in [1.807, 2.05) is 58.3 Å². The first kappa shape index (κ1) is 18.7. The Bertz CT molecular complexity index is 363. The molecule has 0 aliphatic rings. The minimum Gasteiger partial charge on any atom is -0.469 e. The molecule has 20 heavy (non-hydrogen) atoms. The average molecular weight is 279 g/mol. The lowest BCUT2D eigenvalue weighted by atomic mass is 9.88. The van der Waals surface area contributed by atoms with Crippen LogP contribution >= 0.6 is 0 Å². The van der Waals surface area contributed by atoms with Crippen LogP contribution in [0.5, 0.6) is 0 Å². The first-order valence-electron chi connectivity index (χ1n) is 7.41. The van der Waals surface area contributed by atoms with Gasteiger partial charge in [-0.15, -0.1) is 0 Å². The molecule has 1 rings (SSSR count). The van der Waals surface area contributed by atoms with E-state index in [-0.39, 0.29) is 17.9 Å². The number of carbonyl (C=O) groups excluding carboxylic acids is 1. The third-order valence-corrected chi connectivity index (χ3v) is 3.25. The number of rotatable bonds is 6. The highest BCUT2D eigenvalue weighted by Gasteiger charge is 2.31. The number of nitrogens with zero attached hydrogens (tertiary/aromatic N) is 1. The van der Waals surface area contributed by atoms with E-state index >= 15 is 0 Å². The SMILES string of the molecule is CC.CCCC(C(C(=O)OC)c1ccccc1)N(C)C. The molecule has 0 aliphatic carbocycles. The van der Waals surface area contributed by atoms with Crippen LogP contribution in [-0.4, -0.2) is 38.1 Å². The molecule has 1 aromatic carbocycles. The highest BCUT2D eigenvalue weighted by atomic mass is 16.5. The molecule has 0 amide bonds. The van der Waals surface area contributed by atoms with Crippen LogP contribution in [0.4, 0.5) is 0 Å². The maximum atomic E-state index is 12.1. The molecule has 1 aromatic rings. The van der Waals surface area contributed by atoms with Crippen LogP contribution in [0.2, 0.25) is 0 Å². The number of carbonyl (C=O) groups is 1. The Labute approximate surface area is 123 Å². The molecule has 0 heterocycles. The summed E-state index contributed by atoms with van der Waals surface area (Å²) in [7, 11) is 5.48. The van der Waals surface area contributed by atoms with Gasteiger partial charge in [-0.3, -0.25) is 4.79 Å². The van der Waals surface area contributed by atoms with Gasteiger partial charge in [0.25, 0.3) is 0 Å². The summed E-state index contributed by atoms with van der Waals surface area (Å²) in [4.78, 5) is 14.2. The Kier molecular flexibility index (Phi) is 9.73. The molecule has 0 saturated carbocycles. The van der Waals surface area contributed by atoms with E-state index in [0.717, 1.165) is 18.4 Å². The zero-order valence-electron chi connectivity index (χ0n) is 13.7.